The summed E-state index contributed by atoms with van der Waals surface area (Å²) in [5.74, 6) is 0. The van der Waals surface area contributed by atoms with Crippen LogP contribution in [0.5, 0.6) is 0 Å². The SMILES string of the molecule is C[C@@H]1Cc2c(ccc3c2cnn3C2CCCCO2)[C@@H](c2ccc(Br)cn2)N1CC(F)(F)F.C[C@@H]1Cc2c(ccc3nn(C4CCCCO4)cc23)[C@@H](c2ccc(Br)cn2)N1CC(F)(F)F. The Morgan fingerprint density at radius 2 is 1.17 bits per heavy atom. The highest BCUT2D eigenvalue weighted by atomic mass is 79.9. The molecular formula is C46H48Br2F6N8O2. The second-order valence-corrected chi connectivity index (χ2v) is 19.1. The summed E-state index contributed by atoms with van der Waals surface area (Å²) in [5, 5.41) is 11.3. The molecule has 10 rings (SSSR count). The normalized spacial score (nSPS) is 24.6. The van der Waals surface area contributed by atoms with Crippen molar-refractivity contribution >= 4 is 53.7 Å². The number of ether oxygens (including phenoxy) is 2. The highest BCUT2D eigenvalue weighted by molar-refractivity contribution is 9.10. The fraction of sp³-hybridized carbons (Fsp3) is 0.478. The lowest BCUT2D eigenvalue weighted by Crippen LogP contribution is -2.47. The second-order valence-electron chi connectivity index (χ2n) is 17.3. The van der Waals surface area contributed by atoms with E-state index in [9.17, 15) is 26.3 Å². The molecule has 340 valence electrons. The van der Waals surface area contributed by atoms with Crippen molar-refractivity contribution < 1.29 is 35.8 Å². The molecule has 0 N–H and O–H groups in total. The zero-order valence-electron chi connectivity index (χ0n) is 35.3. The van der Waals surface area contributed by atoms with Gasteiger partial charge in [-0.05, 0) is 156 Å². The second kappa shape index (κ2) is 18.4. The standard InChI is InChI=1S/2C23H24BrF3N4O/c1-14-10-17-16(6-8-19-18(17)12-31(29-19)21-4-2-3-9-32-21)22(30(14)13-23(25,26)27)20-7-5-15(24)11-28-20;1-14-10-17-16(6-8-20-18(17)12-29-31(20)21-4-2-3-9-32-21)22(30(14)13-23(25,26)27)19-7-5-15(24)11-28-19/h2*5-8,11-12,14,21-22H,2-4,9-10,13H2,1H3/t2*14-,21?,22+/m11/s1. The van der Waals surface area contributed by atoms with Gasteiger partial charge in [0.05, 0.1) is 53.8 Å². The third-order valence-corrected chi connectivity index (χ3v) is 13.8. The minimum absolute atomic E-state index is 0.0847. The molecule has 2 saturated heterocycles. The number of halogens is 8. The van der Waals surface area contributed by atoms with Crippen LogP contribution in [0.15, 0.2) is 82.3 Å². The molecule has 4 aromatic heterocycles. The van der Waals surface area contributed by atoms with Gasteiger partial charge in [0.1, 0.15) is 6.23 Å². The molecule has 6 atom stereocenters. The van der Waals surface area contributed by atoms with E-state index in [-0.39, 0.29) is 24.5 Å². The molecule has 0 spiro atoms. The molecular weight excluding hydrogens is 970 g/mol. The van der Waals surface area contributed by atoms with Gasteiger partial charge in [0.15, 0.2) is 6.23 Å². The van der Waals surface area contributed by atoms with Gasteiger partial charge in [0.25, 0.3) is 0 Å². The Bertz CT molecular complexity index is 2480. The minimum atomic E-state index is -4.30. The number of hydrogen-bond donors (Lipinski definition) is 0. The van der Waals surface area contributed by atoms with Gasteiger partial charge in [0.2, 0.25) is 0 Å². The summed E-state index contributed by atoms with van der Waals surface area (Å²) in [6.07, 6.45) is 5.51. The lowest BCUT2D eigenvalue weighted by molar-refractivity contribution is -0.156. The van der Waals surface area contributed by atoms with Crippen molar-refractivity contribution in [2.75, 3.05) is 26.3 Å². The zero-order valence-corrected chi connectivity index (χ0v) is 38.5. The molecule has 18 heteroatoms. The van der Waals surface area contributed by atoms with Gasteiger partial charge in [-0.1, -0.05) is 12.1 Å². The first-order chi connectivity index (χ1) is 30.6. The average Bonchev–Trinajstić information content (AvgIpc) is 3.91. The van der Waals surface area contributed by atoms with Crippen LogP contribution in [0.3, 0.4) is 0 Å². The Balaban J connectivity index is 0.000000162. The van der Waals surface area contributed by atoms with E-state index in [1.54, 1.807) is 24.5 Å². The van der Waals surface area contributed by atoms with E-state index >= 15 is 0 Å². The molecule has 0 amide bonds. The van der Waals surface area contributed by atoms with Gasteiger partial charge in [0, 0.05) is 63.6 Å². The van der Waals surface area contributed by atoms with E-state index < -0.39 is 37.5 Å². The highest BCUT2D eigenvalue weighted by Crippen LogP contribution is 2.44. The molecule has 0 radical (unpaired) electrons. The van der Waals surface area contributed by atoms with Gasteiger partial charge in [-0.3, -0.25) is 19.8 Å². The summed E-state index contributed by atoms with van der Waals surface area (Å²) in [4.78, 5) is 12.0. The summed E-state index contributed by atoms with van der Waals surface area (Å²) in [7, 11) is 0. The largest absolute Gasteiger partial charge is 0.401 e. The average molecular weight is 1020 g/mol. The van der Waals surface area contributed by atoms with Gasteiger partial charge >= 0.3 is 12.4 Å². The highest BCUT2D eigenvalue weighted by Gasteiger charge is 2.43. The van der Waals surface area contributed by atoms with Crippen LogP contribution in [0.1, 0.15) is 111 Å². The van der Waals surface area contributed by atoms with Crippen LogP contribution in [-0.2, 0) is 22.3 Å². The van der Waals surface area contributed by atoms with E-state index in [0.29, 0.717) is 24.2 Å². The summed E-state index contributed by atoms with van der Waals surface area (Å²) in [6.45, 7) is 3.19. The van der Waals surface area contributed by atoms with Crippen LogP contribution in [0, 0.1) is 0 Å². The number of alkyl halides is 6. The minimum Gasteiger partial charge on any atom is -0.357 e. The fourth-order valence-electron chi connectivity index (χ4n) is 9.93. The molecule has 2 fully saturated rings. The molecule has 0 bridgehead atoms. The summed E-state index contributed by atoms with van der Waals surface area (Å²) in [6, 6.07) is 13.2. The van der Waals surface area contributed by atoms with Crippen LogP contribution < -0.4 is 0 Å². The number of pyridine rings is 2. The number of nitrogens with zero attached hydrogens (tertiary/aromatic N) is 8. The predicted octanol–water partition coefficient (Wildman–Crippen LogP) is 11.6. The molecule has 4 aliphatic heterocycles. The van der Waals surface area contributed by atoms with E-state index in [1.807, 2.05) is 72.0 Å². The number of aromatic nitrogens is 6. The quantitative estimate of drug-likeness (QED) is 0.153. The van der Waals surface area contributed by atoms with Crippen molar-refractivity contribution in [2.24, 2.45) is 0 Å². The van der Waals surface area contributed by atoms with Gasteiger partial charge in [-0.25, -0.2) is 9.36 Å². The van der Waals surface area contributed by atoms with Crippen molar-refractivity contribution in [3.05, 3.63) is 116 Å². The summed E-state index contributed by atoms with van der Waals surface area (Å²) >= 11 is 6.74. The summed E-state index contributed by atoms with van der Waals surface area (Å²) < 4.78 is 98.2. The predicted molar refractivity (Wildman–Crippen MR) is 237 cm³/mol. The first-order valence-corrected chi connectivity index (χ1v) is 23.3. The third-order valence-electron chi connectivity index (χ3n) is 12.8. The number of rotatable bonds is 6. The molecule has 6 aromatic rings. The van der Waals surface area contributed by atoms with E-state index in [2.05, 4.69) is 46.9 Å². The Labute approximate surface area is 383 Å². The molecule has 2 aromatic carbocycles. The lowest BCUT2D eigenvalue weighted by Gasteiger charge is -2.42. The van der Waals surface area contributed by atoms with Crippen molar-refractivity contribution in [1.29, 1.82) is 0 Å². The Kier molecular flexibility index (Phi) is 13.0. The van der Waals surface area contributed by atoms with Crippen molar-refractivity contribution in [3.8, 4) is 0 Å². The van der Waals surface area contributed by atoms with Crippen molar-refractivity contribution in [3.63, 3.8) is 0 Å². The third kappa shape index (κ3) is 9.50. The van der Waals surface area contributed by atoms with Gasteiger partial charge < -0.3 is 9.47 Å². The molecule has 10 nitrogen and oxygen atoms in total. The van der Waals surface area contributed by atoms with Crippen LogP contribution in [0.25, 0.3) is 21.8 Å². The Morgan fingerprint density at radius 3 is 1.67 bits per heavy atom. The Hall–Kier alpha value is -3.94. The van der Waals surface area contributed by atoms with Gasteiger partial charge in [-0.2, -0.15) is 36.5 Å². The first kappa shape index (κ1) is 45.2. The lowest BCUT2D eigenvalue weighted by atomic mass is 9.85. The van der Waals surface area contributed by atoms with Crippen molar-refractivity contribution in [1.82, 2.24) is 39.3 Å². The molecule has 8 heterocycles. The molecule has 4 aliphatic rings. The maximum atomic E-state index is 13.5. The van der Waals surface area contributed by atoms with E-state index in [1.165, 1.54) is 9.80 Å². The van der Waals surface area contributed by atoms with Crippen LogP contribution in [-0.4, -0.2) is 90.1 Å². The number of hydrogen-bond acceptors (Lipinski definition) is 8. The number of benzene rings is 2. The molecule has 2 unspecified atom stereocenters. The maximum absolute atomic E-state index is 13.5. The van der Waals surface area contributed by atoms with Gasteiger partial charge in [-0.15, -0.1) is 0 Å². The van der Waals surface area contributed by atoms with Crippen molar-refractivity contribution in [2.45, 2.75) is 114 Å². The van der Waals surface area contributed by atoms with Crippen LogP contribution in [0.2, 0.25) is 0 Å². The van der Waals surface area contributed by atoms with E-state index in [0.717, 1.165) is 105 Å². The summed E-state index contributed by atoms with van der Waals surface area (Å²) in [5.41, 5.74) is 6.83. The van der Waals surface area contributed by atoms with E-state index in [4.69, 9.17) is 14.6 Å². The Morgan fingerprint density at radius 1 is 0.641 bits per heavy atom. The zero-order chi connectivity index (χ0) is 44.9. The first-order valence-electron chi connectivity index (χ1n) is 21.7. The number of fused-ring (bicyclic) bond motifs is 6. The smallest absolute Gasteiger partial charge is 0.357 e. The fourth-order valence-corrected chi connectivity index (χ4v) is 10.4. The molecule has 0 saturated carbocycles. The topological polar surface area (TPSA) is 86.4 Å². The monoisotopic (exact) mass is 1020 g/mol. The molecule has 0 aliphatic carbocycles. The molecule has 64 heavy (non-hydrogen) atoms. The van der Waals surface area contributed by atoms with Crippen LogP contribution in [0.4, 0.5) is 26.3 Å². The maximum Gasteiger partial charge on any atom is 0.401 e. The van der Waals surface area contributed by atoms with Crippen LogP contribution >= 0.6 is 31.9 Å².